The van der Waals surface area contributed by atoms with Gasteiger partial charge in [-0.15, -0.1) is 0 Å². The van der Waals surface area contributed by atoms with Crippen LogP contribution in [-0.4, -0.2) is 18.1 Å². The molecule has 1 aromatic rings. The molecule has 1 aromatic carbocycles. The molecule has 0 amide bonds. The molecule has 1 aliphatic rings. The fraction of sp³-hybridized carbons (Fsp3) is 0.500. The van der Waals surface area contributed by atoms with Gasteiger partial charge in [0.15, 0.2) is 11.5 Å². The van der Waals surface area contributed by atoms with Crippen LogP contribution in [0.1, 0.15) is 19.4 Å². The summed E-state index contributed by atoms with van der Waals surface area (Å²) in [5.74, 6) is 3.16. The Kier molecular flexibility index (Phi) is 3.76. The number of rotatable bonds is 4. The van der Waals surface area contributed by atoms with E-state index in [9.17, 15) is 0 Å². The molecule has 0 unspecified atom stereocenters. The van der Waals surface area contributed by atoms with Gasteiger partial charge in [-0.25, -0.2) is 0 Å². The summed E-state index contributed by atoms with van der Waals surface area (Å²) in [5.41, 5.74) is 6.91. The maximum Gasteiger partial charge on any atom is 0.231 e. The van der Waals surface area contributed by atoms with Crippen molar-refractivity contribution in [3.8, 4) is 11.5 Å². The van der Waals surface area contributed by atoms with Gasteiger partial charge < -0.3 is 15.2 Å². The number of hydrogen-bond donors (Lipinski definition) is 1. The highest BCUT2D eigenvalue weighted by molar-refractivity contribution is 7.98. The molecule has 0 aliphatic carbocycles. The van der Waals surface area contributed by atoms with Crippen LogP contribution in [0, 0.1) is 0 Å². The molecule has 17 heavy (non-hydrogen) atoms. The fourth-order valence-corrected chi connectivity index (χ4v) is 2.85. The molecular weight excluding hydrogens is 258 g/mol. The van der Waals surface area contributed by atoms with Crippen LogP contribution < -0.4 is 15.2 Å². The molecule has 0 bridgehead atoms. The van der Waals surface area contributed by atoms with Gasteiger partial charge in [0, 0.05) is 17.0 Å². The number of halogens is 1. The maximum absolute atomic E-state index is 6.10. The van der Waals surface area contributed by atoms with Crippen molar-refractivity contribution in [2.75, 3.05) is 12.5 Å². The normalized spacial score (nSPS) is 14.1. The summed E-state index contributed by atoms with van der Waals surface area (Å²) in [6.07, 6.45) is 0. The molecule has 2 N–H and O–H groups in total. The molecular formula is C12H16ClNO2S. The van der Waals surface area contributed by atoms with Gasteiger partial charge in [-0.05, 0) is 31.5 Å². The van der Waals surface area contributed by atoms with Gasteiger partial charge in [0.1, 0.15) is 0 Å². The average molecular weight is 274 g/mol. The topological polar surface area (TPSA) is 44.5 Å². The highest BCUT2D eigenvalue weighted by Gasteiger charge is 2.18. The largest absolute Gasteiger partial charge is 0.454 e. The molecule has 0 fully saturated rings. The number of hydrogen-bond acceptors (Lipinski definition) is 4. The number of nitrogens with two attached hydrogens (primary N) is 1. The molecule has 1 heterocycles. The zero-order chi connectivity index (χ0) is 12.5. The number of thioether (sulfide) groups is 1. The minimum atomic E-state index is -0.148. The molecule has 0 spiro atoms. The molecule has 0 aromatic heterocycles. The summed E-state index contributed by atoms with van der Waals surface area (Å²) >= 11 is 7.89. The van der Waals surface area contributed by atoms with Gasteiger partial charge in [0.05, 0.1) is 5.02 Å². The first-order valence-corrected chi connectivity index (χ1v) is 6.94. The van der Waals surface area contributed by atoms with E-state index in [0.29, 0.717) is 10.8 Å². The first kappa shape index (κ1) is 12.9. The van der Waals surface area contributed by atoms with Crippen molar-refractivity contribution in [1.82, 2.24) is 0 Å². The van der Waals surface area contributed by atoms with Crippen LogP contribution in [-0.2, 0) is 5.75 Å². The first-order chi connectivity index (χ1) is 7.96. The summed E-state index contributed by atoms with van der Waals surface area (Å²) in [6, 6.07) is 3.90. The van der Waals surface area contributed by atoms with E-state index in [1.54, 1.807) is 11.8 Å². The van der Waals surface area contributed by atoms with Crippen LogP contribution in [0.4, 0.5) is 0 Å². The Balaban J connectivity index is 2.00. The average Bonchev–Trinajstić information content (AvgIpc) is 2.64. The van der Waals surface area contributed by atoms with E-state index in [1.807, 2.05) is 26.0 Å². The van der Waals surface area contributed by atoms with Crippen LogP contribution in [0.25, 0.3) is 0 Å². The molecule has 3 nitrogen and oxygen atoms in total. The monoisotopic (exact) mass is 273 g/mol. The van der Waals surface area contributed by atoms with Crippen molar-refractivity contribution >= 4 is 23.4 Å². The maximum atomic E-state index is 6.10. The molecule has 0 saturated heterocycles. The third-order valence-corrected chi connectivity index (χ3v) is 4.00. The third kappa shape index (κ3) is 3.44. The highest BCUT2D eigenvalue weighted by Crippen LogP contribution is 2.40. The third-order valence-electron chi connectivity index (χ3n) is 2.23. The van der Waals surface area contributed by atoms with Gasteiger partial charge in [-0.3, -0.25) is 0 Å². The number of ether oxygens (including phenoxy) is 2. The van der Waals surface area contributed by atoms with Crippen molar-refractivity contribution in [2.24, 2.45) is 5.73 Å². The molecule has 5 heteroatoms. The van der Waals surface area contributed by atoms with Crippen molar-refractivity contribution in [1.29, 1.82) is 0 Å². The standard InChI is InChI=1S/C12H16ClNO2S/c1-12(2,14)6-17-5-8-3-9(13)11-10(4-8)15-7-16-11/h3-4H,5-7,14H2,1-2H3. The summed E-state index contributed by atoms with van der Waals surface area (Å²) in [4.78, 5) is 0. The SMILES string of the molecule is CC(C)(N)CSCc1cc(Cl)c2c(c1)OCO2. The first-order valence-electron chi connectivity index (χ1n) is 5.40. The predicted octanol–water partition coefficient (Wildman–Crippen LogP) is 3.04. The second-order valence-corrected chi connectivity index (χ2v) is 6.19. The van der Waals surface area contributed by atoms with Crippen LogP contribution in [0.15, 0.2) is 12.1 Å². The van der Waals surface area contributed by atoms with Crippen LogP contribution in [0.5, 0.6) is 11.5 Å². The lowest BCUT2D eigenvalue weighted by molar-refractivity contribution is 0.174. The minimum Gasteiger partial charge on any atom is -0.454 e. The van der Waals surface area contributed by atoms with Crippen LogP contribution in [0.2, 0.25) is 5.02 Å². The van der Waals surface area contributed by atoms with E-state index in [0.717, 1.165) is 22.8 Å². The molecule has 0 atom stereocenters. The summed E-state index contributed by atoms with van der Waals surface area (Å²) in [5, 5.41) is 0.614. The summed E-state index contributed by atoms with van der Waals surface area (Å²) in [7, 11) is 0. The Morgan fingerprint density at radius 1 is 1.41 bits per heavy atom. The summed E-state index contributed by atoms with van der Waals surface area (Å²) < 4.78 is 10.6. The van der Waals surface area contributed by atoms with Gasteiger partial charge in [0.2, 0.25) is 6.79 Å². The minimum absolute atomic E-state index is 0.148. The summed E-state index contributed by atoms with van der Waals surface area (Å²) in [6.45, 7) is 4.29. The van der Waals surface area contributed by atoms with Crippen LogP contribution >= 0.6 is 23.4 Å². The smallest absolute Gasteiger partial charge is 0.231 e. The Bertz CT molecular complexity index is 418. The Morgan fingerprint density at radius 2 is 2.18 bits per heavy atom. The Hall–Kier alpha value is -0.580. The molecule has 0 radical (unpaired) electrons. The quantitative estimate of drug-likeness (QED) is 0.916. The van der Waals surface area contributed by atoms with Crippen molar-refractivity contribution in [3.63, 3.8) is 0 Å². The lowest BCUT2D eigenvalue weighted by Gasteiger charge is -2.17. The lowest BCUT2D eigenvalue weighted by Crippen LogP contribution is -2.34. The van der Waals surface area contributed by atoms with Gasteiger partial charge in [0.25, 0.3) is 0 Å². The van der Waals surface area contributed by atoms with E-state index in [-0.39, 0.29) is 12.3 Å². The van der Waals surface area contributed by atoms with E-state index >= 15 is 0 Å². The van der Waals surface area contributed by atoms with E-state index in [1.165, 1.54) is 0 Å². The van der Waals surface area contributed by atoms with Gasteiger partial charge >= 0.3 is 0 Å². The van der Waals surface area contributed by atoms with Gasteiger partial charge in [-0.1, -0.05) is 11.6 Å². The van der Waals surface area contributed by atoms with E-state index in [4.69, 9.17) is 26.8 Å². The number of fused-ring (bicyclic) bond motifs is 1. The van der Waals surface area contributed by atoms with Crippen molar-refractivity contribution in [3.05, 3.63) is 22.7 Å². The van der Waals surface area contributed by atoms with E-state index < -0.39 is 0 Å². The van der Waals surface area contributed by atoms with Crippen molar-refractivity contribution < 1.29 is 9.47 Å². The molecule has 0 saturated carbocycles. The molecule has 2 rings (SSSR count). The Labute approximate surface area is 111 Å². The molecule has 94 valence electrons. The van der Waals surface area contributed by atoms with E-state index in [2.05, 4.69) is 0 Å². The van der Waals surface area contributed by atoms with Crippen LogP contribution in [0.3, 0.4) is 0 Å². The highest BCUT2D eigenvalue weighted by atomic mass is 35.5. The lowest BCUT2D eigenvalue weighted by atomic mass is 10.1. The second kappa shape index (κ2) is 4.96. The van der Waals surface area contributed by atoms with Crippen molar-refractivity contribution in [2.45, 2.75) is 25.1 Å². The fourth-order valence-electron chi connectivity index (χ4n) is 1.54. The zero-order valence-electron chi connectivity index (χ0n) is 9.96. The predicted molar refractivity (Wildman–Crippen MR) is 72.0 cm³/mol. The molecule has 1 aliphatic heterocycles. The zero-order valence-corrected chi connectivity index (χ0v) is 11.5. The van der Waals surface area contributed by atoms with Gasteiger partial charge in [-0.2, -0.15) is 11.8 Å². The number of benzene rings is 1. The second-order valence-electron chi connectivity index (χ2n) is 4.79. The Morgan fingerprint density at radius 3 is 2.88 bits per heavy atom.